The van der Waals surface area contributed by atoms with Crippen LogP contribution in [0.15, 0.2) is 18.2 Å². The van der Waals surface area contributed by atoms with Crippen LogP contribution in [-0.4, -0.2) is 77.2 Å². The summed E-state index contributed by atoms with van der Waals surface area (Å²) in [7, 11) is 0. The van der Waals surface area contributed by atoms with Gasteiger partial charge in [-0.2, -0.15) is 15.2 Å². The van der Waals surface area contributed by atoms with Crippen LogP contribution in [0.1, 0.15) is 64.9 Å². The fourth-order valence-corrected chi connectivity index (χ4v) is 8.98. The van der Waals surface area contributed by atoms with Gasteiger partial charge in [-0.1, -0.05) is 17.7 Å². The first kappa shape index (κ1) is 35.5. The number of nitrogens with zero attached hydrogens (tertiary/aromatic N) is 5. The minimum atomic E-state index is -1.13. The largest absolute Gasteiger partial charge is 0.461 e. The molecule has 2 aromatic heterocycles. The molecule has 1 amide bonds. The molecule has 2 aromatic carbocycles. The lowest BCUT2D eigenvalue weighted by molar-refractivity contribution is 0.0636. The number of benzene rings is 2. The second kappa shape index (κ2) is 13.6. The fourth-order valence-electron chi connectivity index (χ4n) is 7.61. The normalized spacial score (nSPS) is 22.6. The number of hydrogen-bond acceptors (Lipinski definition) is 9. The molecule has 4 aromatic rings. The van der Waals surface area contributed by atoms with E-state index in [0.29, 0.717) is 38.8 Å². The Morgan fingerprint density at radius 2 is 1.96 bits per heavy atom. The standard InChI is InChI=1S/C36H37ClF4N6O3S/c1-35(2,3)50-34(48)45-32-23(15-42)26-21(8-9-25(40)30(26)51-32)27-24(37)13-22-29(28(27)41)43-33(44-31(22)46-11-5-4-7-19(38)16-46)49-18-36-10-6-12-47(36)17-20(39)14-36/h8-9,13,19-20H,4-7,10-12,14,16-18H2,1-3H3,(H,45,48)/t19?,20-,36+/m1/s1. The van der Waals surface area contributed by atoms with Crippen molar-refractivity contribution in [3.8, 4) is 23.2 Å². The Labute approximate surface area is 301 Å². The molecule has 0 radical (unpaired) electrons. The summed E-state index contributed by atoms with van der Waals surface area (Å²) in [6.45, 7) is 6.69. The van der Waals surface area contributed by atoms with Crippen molar-refractivity contribution in [3.63, 3.8) is 0 Å². The van der Waals surface area contributed by atoms with E-state index in [-0.39, 0.29) is 72.7 Å². The van der Waals surface area contributed by atoms with E-state index in [1.54, 1.807) is 25.7 Å². The van der Waals surface area contributed by atoms with Crippen LogP contribution in [0.25, 0.3) is 32.1 Å². The van der Waals surface area contributed by atoms with Crippen molar-refractivity contribution in [3.05, 3.63) is 40.4 Å². The molecule has 51 heavy (non-hydrogen) atoms. The van der Waals surface area contributed by atoms with Gasteiger partial charge in [0.15, 0.2) is 5.82 Å². The monoisotopic (exact) mass is 744 g/mol. The van der Waals surface area contributed by atoms with Crippen molar-refractivity contribution >= 4 is 60.8 Å². The van der Waals surface area contributed by atoms with Crippen molar-refractivity contribution in [2.24, 2.45) is 0 Å². The molecule has 5 heterocycles. The van der Waals surface area contributed by atoms with E-state index in [1.165, 1.54) is 12.1 Å². The first-order chi connectivity index (χ1) is 24.3. The number of thiophene rings is 1. The number of hydrogen-bond donors (Lipinski definition) is 1. The predicted molar refractivity (Wildman–Crippen MR) is 189 cm³/mol. The Bertz CT molecular complexity index is 2070. The summed E-state index contributed by atoms with van der Waals surface area (Å²) < 4.78 is 73.4. The Balaban J connectivity index is 1.37. The molecule has 3 aliphatic heterocycles. The van der Waals surface area contributed by atoms with Crippen molar-refractivity contribution in [1.82, 2.24) is 14.9 Å². The van der Waals surface area contributed by atoms with Gasteiger partial charge in [0.05, 0.1) is 27.4 Å². The second-order valence-electron chi connectivity index (χ2n) is 14.5. The zero-order valence-electron chi connectivity index (χ0n) is 28.4. The van der Waals surface area contributed by atoms with Gasteiger partial charge in [-0.3, -0.25) is 10.2 Å². The maximum absolute atomic E-state index is 17.1. The molecule has 3 saturated heterocycles. The summed E-state index contributed by atoms with van der Waals surface area (Å²) in [5.74, 6) is -1.31. The Morgan fingerprint density at radius 1 is 1.16 bits per heavy atom. The lowest BCUT2D eigenvalue weighted by Crippen LogP contribution is -2.43. The number of carbonyl (C=O) groups excluding carboxylic acids is 1. The lowest BCUT2D eigenvalue weighted by Gasteiger charge is -2.31. The highest BCUT2D eigenvalue weighted by Crippen LogP contribution is 2.47. The van der Waals surface area contributed by atoms with Crippen molar-refractivity contribution < 1.29 is 31.8 Å². The maximum atomic E-state index is 17.1. The number of fused-ring (bicyclic) bond motifs is 3. The van der Waals surface area contributed by atoms with Gasteiger partial charge >= 0.3 is 12.1 Å². The van der Waals surface area contributed by atoms with E-state index in [1.807, 2.05) is 6.07 Å². The molecule has 1 N–H and O–H groups in total. The minimum Gasteiger partial charge on any atom is -0.461 e. The van der Waals surface area contributed by atoms with E-state index in [9.17, 15) is 18.8 Å². The number of halogens is 5. The summed E-state index contributed by atoms with van der Waals surface area (Å²) in [5.41, 5.74) is -1.67. The summed E-state index contributed by atoms with van der Waals surface area (Å²) in [5, 5.41) is 13.0. The average Bonchev–Trinajstić information content (AvgIpc) is 3.65. The molecule has 0 aliphatic carbocycles. The van der Waals surface area contributed by atoms with E-state index >= 15 is 8.78 Å². The molecule has 1 unspecified atom stereocenters. The van der Waals surface area contributed by atoms with Crippen LogP contribution in [0.3, 0.4) is 0 Å². The number of amides is 1. The van der Waals surface area contributed by atoms with Crippen LogP contribution in [0.5, 0.6) is 6.01 Å². The highest BCUT2D eigenvalue weighted by atomic mass is 35.5. The quantitative estimate of drug-likeness (QED) is 0.195. The number of nitrogens with one attached hydrogen (secondary N) is 1. The molecule has 15 heteroatoms. The van der Waals surface area contributed by atoms with Gasteiger partial charge in [0.2, 0.25) is 0 Å². The van der Waals surface area contributed by atoms with E-state index < -0.39 is 41.2 Å². The molecule has 9 nitrogen and oxygen atoms in total. The number of alkyl halides is 2. The van der Waals surface area contributed by atoms with E-state index in [2.05, 4.69) is 20.2 Å². The summed E-state index contributed by atoms with van der Waals surface area (Å²) in [6.07, 6.45) is 0.748. The first-order valence-corrected chi connectivity index (χ1v) is 18.2. The van der Waals surface area contributed by atoms with Crippen LogP contribution in [0.2, 0.25) is 5.02 Å². The molecule has 0 bridgehead atoms. The third-order valence-corrected chi connectivity index (χ3v) is 11.2. The highest BCUT2D eigenvalue weighted by molar-refractivity contribution is 7.23. The second-order valence-corrected chi connectivity index (χ2v) is 15.9. The topological polar surface area (TPSA) is 104 Å². The predicted octanol–water partition coefficient (Wildman–Crippen LogP) is 8.95. The van der Waals surface area contributed by atoms with Crippen LogP contribution in [0, 0.1) is 23.0 Å². The van der Waals surface area contributed by atoms with Crippen LogP contribution in [-0.2, 0) is 4.74 Å². The molecule has 7 rings (SSSR count). The molecular formula is C36H37ClF4N6O3S. The van der Waals surface area contributed by atoms with Gasteiger partial charge in [0, 0.05) is 35.8 Å². The number of rotatable bonds is 6. The number of aromatic nitrogens is 2. The zero-order chi connectivity index (χ0) is 36.2. The Kier molecular flexibility index (Phi) is 9.43. The Morgan fingerprint density at radius 3 is 2.73 bits per heavy atom. The number of carbonyl (C=O) groups is 1. The summed E-state index contributed by atoms with van der Waals surface area (Å²) in [4.78, 5) is 25.6. The molecule has 0 spiro atoms. The lowest BCUT2D eigenvalue weighted by atomic mass is 9.95. The number of anilines is 2. The van der Waals surface area contributed by atoms with E-state index in [0.717, 1.165) is 36.8 Å². The average molecular weight is 745 g/mol. The Hall–Kier alpha value is -3.93. The zero-order valence-corrected chi connectivity index (χ0v) is 30.0. The maximum Gasteiger partial charge on any atom is 0.412 e. The van der Waals surface area contributed by atoms with Gasteiger partial charge in [-0.25, -0.2) is 22.4 Å². The fraction of sp³-hybridized carbons (Fsp3) is 0.500. The van der Waals surface area contributed by atoms with Gasteiger partial charge in [0.1, 0.15) is 52.8 Å². The minimum absolute atomic E-state index is 0.000250. The van der Waals surface area contributed by atoms with Crippen molar-refractivity contribution in [1.29, 1.82) is 5.26 Å². The van der Waals surface area contributed by atoms with Crippen LogP contribution in [0.4, 0.5) is 33.2 Å². The molecule has 3 atom stereocenters. The third-order valence-electron chi connectivity index (χ3n) is 9.77. The SMILES string of the molecule is CC(C)(C)OC(=O)Nc1sc2c(F)ccc(-c3c(Cl)cc4c(N5CCCCC(F)C5)nc(OC[C@@]56CCCN5C[C@H](F)C6)nc4c3F)c2c1C#N. The first-order valence-electron chi connectivity index (χ1n) is 17.0. The highest BCUT2D eigenvalue weighted by Gasteiger charge is 2.49. The molecular weight excluding hydrogens is 708 g/mol. The summed E-state index contributed by atoms with van der Waals surface area (Å²) >= 11 is 7.66. The molecule has 270 valence electrons. The van der Waals surface area contributed by atoms with Gasteiger partial charge in [-0.15, -0.1) is 11.3 Å². The van der Waals surface area contributed by atoms with Crippen LogP contribution >= 0.6 is 22.9 Å². The van der Waals surface area contributed by atoms with Crippen molar-refractivity contribution in [2.75, 3.05) is 43.0 Å². The summed E-state index contributed by atoms with van der Waals surface area (Å²) in [6, 6.07) is 5.83. The van der Waals surface area contributed by atoms with Gasteiger partial charge in [-0.05, 0) is 77.1 Å². The van der Waals surface area contributed by atoms with Gasteiger partial charge in [0.25, 0.3) is 0 Å². The smallest absolute Gasteiger partial charge is 0.412 e. The molecule has 3 fully saturated rings. The molecule has 3 aliphatic rings. The number of nitriles is 1. The van der Waals surface area contributed by atoms with Gasteiger partial charge < -0.3 is 14.4 Å². The number of ether oxygens (including phenoxy) is 2. The third kappa shape index (κ3) is 6.76. The van der Waals surface area contributed by atoms with E-state index in [4.69, 9.17) is 21.1 Å². The van der Waals surface area contributed by atoms with Crippen LogP contribution < -0.4 is 15.0 Å². The van der Waals surface area contributed by atoms with Crippen molar-refractivity contribution in [2.45, 2.75) is 82.8 Å². The molecule has 0 saturated carbocycles.